The number of carbonyl (C=O) groups excluding carboxylic acids is 2. The van der Waals surface area contributed by atoms with E-state index in [0.29, 0.717) is 26.1 Å². The molecular weight excluding hydrogens is 246 g/mol. The van der Waals surface area contributed by atoms with E-state index in [1.807, 2.05) is 20.8 Å². The molecule has 1 aliphatic rings. The summed E-state index contributed by atoms with van der Waals surface area (Å²) < 4.78 is 5.50. The van der Waals surface area contributed by atoms with Crippen molar-refractivity contribution in [1.82, 2.24) is 15.5 Å². The van der Waals surface area contributed by atoms with Crippen LogP contribution in [-0.2, 0) is 14.3 Å². The van der Waals surface area contributed by atoms with Crippen LogP contribution in [0.1, 0.15) is 27.2 Å². The molecule has 110 valence electrons. The lowest BCUT2D eigenvalue weighted by atomic mass is 10.0. The molecule has 6 nitrogen and oxygen atoms in total. The average Bonchev–Trinajstić information content (AvgIpc) is 2.35. The van der Waals surface area contributed by atoms with Crippen LogP contribution in [0, 0.1) is 0 Å². The Morgan fingerprint density at radius 3 is 2.42 bits per heavy atom. The lowest BCUT2D eigenvalue weighted by Gasteiger charge is -2.38. The molecule has 0 radical (unpaired) electrons. The highest BCUT2D eigenvalue weighted by molar-refractivity contribution is 5.79. The van der Waals surface area contributed by atoms with Gasteiger partial charge in [0.25, 0.3) is 0 Å². The van der Waals surface area contributed by atoms with E-state index in [9.17, 15) is 9.59 Å². The Morgan fingerprint density at radius 2 is 1.95 bits per heavy atom. The van der Waals surface area contributed by atoms with E-state index in [1.165, 1.54) is 0 Å². The smallest absolute Gasteiger partial charge is 0.246 e. The van der Waals surface area contributed by atoms with Crippen molar-refractivity contribution >= 4 is 11.8 Å². The number of rotatable bonds is 8. The molecule has 0 aromatic carbocycles. The van der Waals surface area contributed by atoms with Gasteiger partial charge in [0.05, 0.1) is 5.60 Å². The summed E-state index contributed by atoms with van der Waals surface area (Å²) >= 11 is 0. The molecule has 0 spiro atoms. The second-order valence-electron chi connectivity index (χ2n) is 5.01. The van der Waals surface area contributed by atoms with Gasteiger partial charge in [0.2, 0.25) is 11.8 Å². The minimum absolute atomic E-state index is 0.0532. The molecule has 19 heavy (non-hydrogen) atoms. The van der Waals surface area contributed by atoms with E-state index in [2.05, 4.69) is 10.6 Å². The quantitative estimate of drug-likeness (QED) is 0.638. The number of carbonyl (C=O) groups is 2. The fourth-order valence-electron chi connectivity index (χ4n) is 1.91. The first-order valence-corrected chi connectivity index (χ1v) is 6.90. The van der Waals surface area contributed by atoms with Crippen molar-refractivity contribution in [3.63, 3.8) is 0 Å². The highest BCUT2D eigenvalue weighted by atomic mass is 16.5. The second kappa shape index (κ2) is 7.45. The third-order valence-corrected chi connectivity index (χ3v) is 3.33. The molecule has 1 fully saturated rings. The van der Waals surface area contributed by atoms with Gasteiger partial charge in [-0.2, -0.15) is 0 Å². The highest BCUT2D eigenvalue weighted by Gasteiger charge is 2.32. The first-order chi connectivity index (χ1) is 9.00. The van der Waals surface area contributed by atoms with Crippen molar-refractivity contribution in [2.45, 2.75) is 32.8 Å². The van der Waals surface area contributed by atoms with E-state index in [4.69, 9.17) is 4.74 Å². The fourth-order valence-corrected chi connectivity index (χ4v) is 1.91. The summed E-state index contributed by atoms with van der Waals surface area (Å²) in [6.45, 7) is 9.25. The van der Waals surface area contributed by atoms with Crippen LogP contribution in [0.2, 0.25) is 0 Å². The minimum atomic E-state index is -0.214. The molecule has 0 unspecified atom stereocenters. The zero-order valence-electron chi connectivity index (χ0n) is 12.1. The van der Waals surface area contributed by atoms with Crippen LogP contribution >= 0.6 is 0 Å². The molecule has 0 aromatic rings. The van der Waals surface area contributed by atoms with Crippen LogP contribution < -0.4 is 10.6 Å². The third-order valence-electron chi connectivity index (χ3n) is 3.33. The van der Waals surface area contributed by atoms with Gasteiger partial charge in [-0.25, -0.2) is 0 Å². The molecule has 1 saturated heterocycles. The maximum Gasteiger partial charge on any atom is 0.246 e. The van der Waals surface area contributed by atoms with Gasteiger partial charge in [-0.15, -0.1) is 0 Å². The van der Waals surface area contributed by atoms with Crippen LogP contribution in [0.4, 0.5) is 0 Å². The van der Waals surface area contributed by atoms with E-state index in [1.54, 1.807) is 4.90 Å². The number of nitrogens with zero attached hydrogens (tertiary/aromatic N) is 1. The highest BCUT2D eigenvalue weighted by Crippen LogP contribution is 2.14. The molecule has 2 amide bonds. The molecule has 0 atom stereocenters. The van der Waals surface area contributed by atoms with Gasteiger partial charge in [0, 0.05) is 39.1 Å². The molecule has 0 aromatic heterocycles. The molecule has 6 heteroatoms. The Balaban J connectivity index is 2.11. The van der Waals surface area contributed by atoms with Crippen LogP contribution in [0.5, 0.6) is 0 Å². The lowest BCUT2D eigenvalue weighted by Crippen LogP contribution is -2.59. The van der Waals surface area contributed by atoms with E-state index in [-0.39, 0.29) is 24.0 Å². The van der Waals surface area contributed by atoms with Crippen molar-refractivity contribution in [3.8, 4) is 0 Å². The summed E-state index contributed by atoms with van der Waals surface area (Å²) in [5.74, 6) is -0.0955. The van der Waals surface area contributed by atoms with Crippen molar-refractivity contribution < 1.29 is 14.3 Å². The Bertz CT molecular complexity index is 312. The first kappa shape index (κ1) is 15.9. The lowest BCUT2D eigenvalue weighted by molar-refractivity contribution is -0.136. The monoisotopic (exact) mass is 271 g/mol. The molecule has 2 N–H and O–H groups in total. The third kappa shape index (κ3) is 5.16. The zero-order chi connectivity index (χ0) is 14.3. The maximum atomic E-state index is 11.7. The van der Waals surface area contributed by atoms with Gasteiger partial charge in [0.1, 0.15) is 6.61 Å². The summed E-state index contributed by atoms with van der Waals surface area (Å²) in [4.78, 5) is 25.0. The standard InChI is InChI=1S/C13H25N3O3/c1-4-16(5-2)12(18)6-7-15-11(17)8-19-13(3)9-14-10-13/h14H,4-10H2,1-3H3,(H,15,17). The second-order valence-corrected chi connectivity index (χ2v) is 5.01. The van der Waals surface area contributed by atoms with E-state index < -0.39 is 0 Å². The van der Waals surface area contributed by atoms with Crippen molar-refractivity contribution in [1.29, 1.82) is 0 Å². The summed E-state index contributed by atoms with van der Waals surface area (Å²) in [6.07, 6.45) is 0.340. The Hall–Kier alpha value is -1.14. The van der Waals surface area contributed by atoms with E-state index in [0.717, 1.165) is 13.1 Å². The first-order valence-electron chi connectivity index (χ1n) is 6.90. The molecular formula is C13H25N3O3. The van der Waals surface area contributed by atoms with Crippen LogP contribution in [0.25, 0.3) is 0 Å². The van der Waals surface area contributed by atoms with Crippen molar-refractivity contribution in [3.05, 3.63) is 0 Å². The van der Waals surface area contributed by atoms with Crippen LogP contribution in [-0.4, -0.2) is 61.6 Å². The molecule has 1 rings (SSSR count). The average molecular weight is 271 g/mol. The van der Waals surface area contributed by atoms with E-state index >= 15 is 0 Å². The van der Waals surface area contributed by atoms with Gasteiger partial charge in [-0.1, -0.05) is 0 Å². The Labute approximate surface area is 114 Å². The normalized spacial score (nSPS) is 16.6. The summed E-state index contributed by atoms with van der Waals surface area (Å²) in [6, 6.07) is 0. The van der Waals surface area contributed by atoms with Gasteiger partial charge in [-0.3, -0.25) is 9.59 Å². The summed E-state index contributed by atoms with van der Waals surface area (Å²) in [7, 11) is 0. The molecule has 1 aliphatic heterocycles. The summed E-state index contributed by atoms with van der Waals surface area (Å²) in [5, 5.41) is 5.81. The van der Waals surface area contributed by atoms with Crippen molar-refractivity contribution in [2.75, 3.05) is 39.3 Å². The predicted molar refractivity (Wildman–Crippen MR) is 72.8 cm³/mol. The van der Waals surface area contributed by atoms with Gasteiger partial charge >= 0.3 is 0 Å². The Kier molecular flexibility index (Phi) is 6.24. The van der Waals surface area contributed by atoms with Gasteiger partial charge in [-0.05, 0) is 20.8 Å². The molecule has 0 aliphatic carbocycles. The minimum Gasteiger partial charge on any atom is -0.363 e. The van der Waals surface area contributed by atoms with Gasteiger partial charge in [0.15, 0.2) is 0 Å². The largest absolute Gasteiger partial charge is 0.363 e. The van der Waals surface area contributed by atoms with Crippen LogP contribution in [0.3, 0.4) is 0 Å². The number of hydrogen-bond acceptors (Lipinski definition) is 4. The molecule has 0 saturated carbocycles. The number of nitrogens with one attached hydrogen (secondary N) is 2. The SMILES string of the molecule is CCN(CC)C(=O)CCNC(=O)COC1(C)CNC1. The number of ether oxygens (including phenoxy) is 1. The Morgan fingerprint density at radius 1 is 1.32 bits per heavy atom. The molecule has 1 heterocycles. The molecule has 0 bridgehead atoms. The predicted octanol–water partition coefficient (Wildman–Crippen LogP) is -0.260. The van der Waals surface area contributed by atoms with Crippen molar-refractivity contribution in [2.24, 2.45) is 0 Å². The topological polar surface area (TPSA) is 70.7 Å². The number of amides is 2. The maximum absolute atomic E-state index is 11.7. The van der Waals surface area contributed by atoms with Gasteiger partial charge < -0.3 is 20.3 Å². The fraction of sp³-hybridized carbons (Fsp3) is 0.846. The zero-order valence-corrected chi connectivity index (χ0v) is 12.1. The summed E-state index contributed by atoms with van der Waals surface area (Å²) in [5.41, 5.74) is -0.214. The van der Waals surface area contributed by atoms with Crippen LogP contribution in [0.15, 0.2) is 0 Å². The number of hydrogen-bond donors (Lipinski definition) is 2.